The minimum absolute atomic E-state index is 0.368. The van der Waals surface area contributed by atoms with Gasteiger partial charge in [0.25, 0.3) is 0 Å². The zero-order valence-electron chi connectivity index (χ0n) is 8.91. The highest BCUT2D eigenvalue weighted by Gasteiger charge is 2.06. The Kier molecular flexibility index (Phi) is 2.23. The Balaban J connectivity index is 2.73. The molecular formula is C12H14N3. The van der Waals surface area contributed by atoms with E-state index in [0.717, 1.165) is 16.6 Å². The van der Waals surface area contributed by atoms with Crippen molar-refractivity contribution in [1.82, 2.24) is 10.7 Å². The number of hydrogen-bond donors (Lipinski definition) is 1. The Morgan fingerprint density at radius 2 is 2.00 bits per heavy atom. The molecule has 1 aromatic carbocycles. The van der Waals surface area contributed by atoms with Gasteiger partial charge in [-0.2, -0.15) is 0 Å². The minimum atomic E-state index is 0.368. The van der Waals surface area contributed by atoms with Gasteiger partial charge in [0.1, 0.15) is 0 Å². The third-order valence-electron chi connectivity index (χ3n) is 2.45. The van der Waals surface area contributed by atoms with Gasteiger partial charge in [0.2, 0.25) is 0 Å². The molecule has 0 saturated heterocycles. The van der Waals surface area contributed by atoms with Gasteiger partial charge in [0.15, 0.2) is 0 Å². The summed E-state index contributed by atoms with van der Waals surface area (Å²) >= 11 is 0. The average molecular weight is 200 g/mol. The molecule has 2 aromatic rings. The number of nitrogens with zero attached hydrogens (tertiary/aromatic N) is 1. The van der Waals surface area contributed by atoms with Crippen LogP contribution in [0.15, 0.2) is 24.3 Å². The van der Waals surface area contributed by atoms with Crippen molar-refractivity contribution < 1.29 is 0 Å². The molecule has 0 aliphatic rings. The van der Waals surface area contributed by atoms with Crippen LogP contribution in [0.2, 0.25) is 0 Å². The van der Waals surface area contributed by atoms with E-state index in [1.807, 2.05) is 12.1 Å². The molecule has 1 heterocycles. The third kappa shape index (κ3) is 1.73. The normalized spacial score (nSPS) is 11.1. The van der Waals surface area contributed by atoms with E-state index in [1.54, 1.807) is 12.1 Å². The van der Waals surface area contributed by atoms with E-state index in [9.17, 15) is 0 Å². The first kappa shape index (κ1) is 9.77. The highest BCUT2D eigenvalue weighted by molar-refractivity contribution is 5.92. The SMILES string of the molecule is CC(C)c1cc(N)c2cc([NH])ccc2n1. The molecule has 0 atom stereocenters. The molecule has 1 radical (unpaired) electrons. The van der Waals surface area contributed by atoms with Gasteiger partial charge in [-0.3, -0.25) is 4.98 Å². The summed E-state index contributed by atoms with van der Waals surface area (Å²) in [5.41, 5.74) is 16.5. The topological polar surface area (TPSA) is 62.7 Å². The van der Waals surface area contributed by atoms with E-state index < -0.39 is 0 Å². The lowest BCUT2D eigenvalue weighted by atomic mass is 10.1. The highest BCUT2D eigenvalue weighted by Crippen LogP contribution is 2.25. The quantitative estimate of drug-likeness (QED) is 0.769. The molecule has 15 heavy (non-hydrogen) atoms. The van der Waals surface area contributed by atoms with Crippen LogP contribution < -0.4 is 11.5 Å². The monoisotopic (exact) mass is 200 g/mol. The van der Waals surface area contributed by atoms with E-state index >= 15 is 0 Å². The number of aromatic nitrogens is 1. The molecule has 3 heteroatoms. The van der Waals surface area contributed by atoms with Crippen molar-refractivity contribution in [3.63, 3.8) is 0 Å². The third-order valence-corrected chi connectivity index (χ3v) is 2.45. The minimum Gasteiger partial charge on any atom is -0.398 e. The average Bonchev–Trinajstić information content (AvgIpc) is 2.18. The Hall–Kier alpha value is -1.77. The molecule has 0 saturated carbocycles. The van der Waals surface area contributed by atoms with Gasteiger partial charge in [0.05, 0.1) is 11.2 Å². The lowest BCUT2D eigenvalue weighted by Crippen LogP contribution is -1.97. The second kappa shape index (κ2) is 3.42. The molecule has 0 aliphatic carbocycles. The van der Waals surface area contributed by atoms with Crippen LogP contribution in [0.5, 0.6) is 0 Å². The van der Waals surface area contributed by atoms with Crippen molar-refractivity contribution in [2.24, 2.45) is 0 Å². The zero-order chi connectivity index (χ0) is 11.0. The molecule has 0 amide bonds. The number of nitrogen functional groups attached to an aromatic ring is 1. The van der Waals surface area contributed by atoms with Crippen molar-refractivity contribution in [3.05, 3.63) is 30.0 Å². The summed E-state index contributed by atoms with van der Waals surface area (Å²) in [6, 6.07) is 7.23. The fraction of sp³-hybridized carbons (Fsp3) is 0.250. The number of rotatable bonds is 1. The van der Waals surface area contributed by atoms with Crippen LogP contribution in [0.1, 0.15) is 25.5 Å². The van der Waals surface area contributed by atoms with Crippen molar-refractivity contribution in [3.8, 4) is 0 Å². The van der Waals surface area contributed by atoms with Crippen LogP contribution in [0.3, 0.4) is 0 Å². The maximum absolute atomic E-state index is 7.53. The molecule has 0 bridgehead atoms. The van der Waals surface area contributed by atoms with Gasteiger partial charge >= 0.3 is 0 Å². The van der Waals surface area contributed by atoms with Crippen molar-refractivity contribution in [2.45, 2.75) is 19.8 Å². The van der Waals surface area contributed by atoms with Crippen LogP contribution in [0.4, 0.5) is 11.4 Å². The van der Waals surface area contributed by atoms with E-state index in [-0.39, 0.29) is 0 Å². The molecule has 77 valence electrons. The first-order valence-electron chi connectivity index (χ1n) is 4.99. The summed E-state index contributed by atoms with van der Waals surface area (Å²) in [7, 11) is 0. The second-order valence-corrected chi connectivity index (χ2v) is 4.02. The zero-order valence-corrected chi connectivity index (χ0v) is 8.91. The van der Waals surface area contributed by atoms with Crippen molar-refractivity contribution >= 4 is 22.3 Å². The lowest BCUT2D eigenvalue weighted by Gasteiger charge is -2.08. The van der Waals surface area contributed by atoms with E-state index in [0.29, 0.717) is 17.3 Å². The number of hydrogen-bond acceptors (Lipinski definition) is 2. The van der Waals surface area contributed by atoms with Gasteiger partial charge < -0.3 is 11.5 Å². The Labute approximate surface area is 89.1 Å². The fourth-order valence-electron chi connectivity index (χ4n) is 1.57. The molecule has 0 fully saturated rings. The van der Waals surface area contributed by atoms with Gasteiger partial charge in [0, 0.05) is 16.8 Å². The molecule has 0 aliphatic heterocycles. The summed E-state index contributed by atoms with van der Waals surface area (Å²) in [5.74, 6) is 0.368. The van der Waals surface area contributed by atoms with Gasteiger partial charge in [-0.1, -0.05) is 13.8 Å². The first-order valence-corrected chi connectivity index (χ1v) is 4.99. The fourth-order valence-corrected chi connectivity index (χ4v) is 1.57. The molecule has 3 N–H and O–H groups in total. The summed E-state index contributed by atoms with van der Waals surface area (Å²) in [6.45, 7) is 4.18. The summed E-state index contributed by atoms with van der Waals surface area (Å²) in [5, 5.41) is 0.868. The number of benzene rings is 1. The highest BCUT2D eigenvalue weighted by atomic mass is 14.7. The lowest BCUT2D eigenvalue weighted by molar-refractivity contribution is 0.830. The largest absolute Gasteiger partial charge is 0.398 e. The Bertz CT molecular complexity index is 503. The van der Waals surface area contributed by atoms with Gasteiger partial charge in [-0.15, -0.1) is 0 Å². The maximum Gasteiger partial charge on any atom is 0.0727 e. The number of anilines is 1. The standard InChI is InChI=1S/C12H14N3/c1-7(2)12-6-10(14)9-5-8(13)3-4-11(9)15-12/h3-7,13H,1-2H3,(H2,14,15). The van der Waals surface area contributed by atoms with E-state index in [1.165, 1.54) is 0 Å². The number of nitrogens with one attached hydrogen (secondary N) is 1. The van der Waals surface area contributed by atoms with Crippen molar-refractivity contribution in [1.29, 1.82) is 0 Å². The smallest absolute Gasteiger partial charge is 0.0727 e. The summed E-state index contributed by atoms with van der Waals surface area (Å²) in [6.07, 6.45) is 0. The van der Waals surface area contributed by atoms with Crippen molar-refractivity contribution in [2.75, 3.05) is 5.73 Å². The molecular weight excluding hydrogens is 186 g/mol. The Morgan fingerprint density at radius 3 is 2.67 bits per heavy atom. The summed E-state index contributed by atoms with van der Waals surface area (Å²) in [4.78, 5) is 4.51. The van der Waals surface area contributed by atoms with E-state index in [4.69, 9.17) is 11.5 Å². The molecule has 3 nitrogen and oxygen atoms in total. The van der Waals surface area contributed by atoms with Gasteiger partial charge in [-0.05, 0) is 30.2 Å². The summed E-state index contributed by atoms with van der Waals surface area (Å²) < 4.78 is 0. The molecule has 0 unspecified atom stereocenters. The van der Waals surface area contributed by atoms with Crippen LogP contribution in [0.25, 0.3) is 10.9 Å². The molecule has 2 rings (SSSR count). The molecule has 0 spiro atoms. The molecule has 1 aromatic heterocycles. The Morgan fingerprint density at radius 1 is 1.27 bits per heavy atom. The second-order valence-electron chi connectivity index (χ2n) is 4.02. The van der Waals surface area contributed by atoms with E-state index in [2.05, 4.69) is 18.8 Å². The number of nitrogens with two attached hydrogens (primary N) is 1. The maximum atomic E-state index is 7.53. The number of fused-ring (bicyclic) bond motifs is 1. The van der Waals surface area contributed by atoms with Crippen LogP contribution in [-0.2, 0) is 0 Å². The predicted molar refractivity (Wildman–Crippen MR) is 63.0 cm³/mol. The number of pyridine rings is 1. The van der Waals surface area contributed by atoms with Crippen LogP contribution >= 0.6 is 0 Å². The van der Waals surface area contributed by atoms with Gasteiger partial charge in [-0.25, -0.2) is 0 Å². The van der Waals surface area contributed by atoms with Crippen LogP contribution in [0, 0.1) is 0 Å². The predicted octanol–water partition coefficient (Wildman–Crippen LogP) is 2.85. The van der Waals surface area contributed by atoms with Crippen LogP contribution in [-0.4, -0.2) is 4.98 Å². The first-order chi connectivity index (χ1) is 7.08.